The molecule has 1 N–H and O–H groups in total. The lowest BCUT2D eigenvalue weighted by molar-refractivity contribution is 0.0697. The molecule has 0 fully saturated rings. The van der Waals surface area contributed by atoms with Gasteiger partial charge in [0.25, 0.3) is 7.98 Å². The summed E-state index contributed by atoms with van der Waals surface area (Å²) in [6.07, 6.45) is 1.51. The van der Waals surface area contributed by atoms with Gasteiger partial charge in [-0.25, -0.2) is 9.78 Å². The molecule has 0 aliphatic carbocycles. The minimum absolute atomic E-state index is 0.204. The molecule has 0 bridgehead atoms. The Balaban J connectivity index is 1.82. The first-order valence-corrected chi connectivity index (χ1v) is 8.62. The zero-order valence-corrected chi connectivity index (χ0v) is 14.8. The minimum atomic E-state index is -0.986. The largest absolute Gasteiger partial charge is 0.478 e. The van der Waals surface area contributed by atoms with Crippen molar-refractivity contribution in [1.29, 1.82) is 0 Å². The van der Waals surface area contributed by atoms with Gasteiger partial charge in [0.2, 0.25) is 0 Å². The fourth-order valence-corrected chi connectivity index (χ4v) is 3.19. The molecule has 0 saturated heterocycles. The number of aromatic carboxylic acids is 1. The van der Waals surface area contributed by atoms with E-state index in [1.54, 1.807) is 37.2 Å². The molecule has 0 amide bonds. The number of carboxylic acids is 1. The molecule has 0 saturated carbocycles. The van der Waals surface area contributed by atoms with Crippen LogP contribution in [0.4, 0.5) is 5.13 Å². The summed E-state index contributed by atoms with van der Waals surface area (Å²) in [7, 11) is 1.76. The zero-order valence-electron chi connectivity index (χ0n) is 13.3. The topological polar surface area (TPSA) is 65.8 Å². The van der Waals surface area contributed by atoms with Crippen LogP contribution < -0.4 is 4.92 Å². The molecule has 1 heterocycles. The van der Waals surface area contributed by atoms with Crippen molar-refractivity contribution in [3.63, 3.8) is 0 Å². The number of hydrazone groups is 1. The smallest absolute Gasteiger partial charge is 0.336 e. The van der Waals surface area contributed by atoms with E-state index in [2.05, 4.69) is 10.1 Å². The molecule has 3 rings (SSSR count). The number of rotatable bonds is 5. The molecule has 0 radical (unpaired) electrons. The van der Waals surface area contributed by atoms with Gasteiger partial charge in [-0.15, -0.1) is 11.3 Å². The molecule has 0 spiro atoms. The third-order valence-corrected chi connectivity index (χ3v) is 4.72. The van der Waals surface area contributed by atoms with E-state index in [4.69, 9.17) is 11.6 Å². The number of carboxylic acid groups (broad SMARTS) is 1. The highest BCUT2D eigenvalue weighted by Crippen LogP contribution is 2.31. The van der Waals surface area contributed by atoms with Crippen LogP contribution in [0.1, 0.15) is 15.9 Å². The van der Waals surface area contributed by atoms with E-state index in [0.29, 0.717) is 15.7 Å². The highest BCUT2D eigenvalue weighted by molar-refractivity contribution is 7.14. The first kappa shape index (κ1) is 17.2. The molecule has 2 aromatic carbocycles. The first-order valence-electron chi connectivity index (χ1n) is 7.36. The normalized spacial score (nSPS) is 10.9. The molecule has 5 nitrogen and oxygen atoms in total. The fraction of sp³-hybridized carbons (Fsp3) is 0. The van der Waals surface area contributed by atoms with Gasteiger partial charge in [0, 0.05) is 21.5 Å². The zero-order chi connectivity index (χ0) is 17.8. The summed E-state index contributed by atoms with van der Waals surface area (Å²) in [5.74, 6) is -0.986. The Bertz CT molecular complexity index is 945. The molecule has 8 heteroatoms. The molecule has 0 aliphatic rings. The summed E-state index contributed by atoms with van der Waals surface area (Å²) >= 11 is 7.63. The second-order valence-corrected chi connectivity index (χ2v) is 6.40. The molecule has 124 valence electrons. The van der Waals surface area contributed by atoms with E-state index in [0.717, 1.165) is 11.3 Å². The number of halogens is 1. The van der Waals surface area contributed by atoms with Gasteiger partial charge in [-0.2, -0.15) is 5.10 Å². The second kappa shape index (κ2) is 7.50. The second-order valence-electron chi connectivity index (χ2n) is 5.16. The average Bonchev–Trinajstić information content (AvgIpc) is 3.10. The average molecular weight is 370 g/mol. The molecule has 1 aromatic heterocycles. The molecular weight excluding hydrogens is 357 g/mol. The number of anilines is 1. The summed E-state index contributed by atoms with van der Waals surface area (Å²) in [5.41, 5.74) is 2.37. The van der Waals surface area contributed by atoms with Crippen LogP contribution in [0.5, 0.6) is 0 Å². The first-order chi connectivity index (χ1) is 12.1. The van der Waals surface area contributed by atoms with Crippen LogP contribution in [-0.4, -0.2) is 30.3 Å². The van der Waals surface area contributed by atoms with Crippen molar-refractivity contribution in [2.24, 2.45) is 5.10 Å². The maximum absolute atomic E-state index is 11.2. The Morgan fingerprint density at radius 1 is 1.24 bits per heavy atom. The number of benzene rings is 2. The fourth-order valence-electron chi connectivity index (χ4n) is 2.21. The highest BCUT2D eigenvalue weighted by atomic mass is 35.5. The molecule has 0 atom stereocenters. The number of thiazole rings is 1. The Kier molecular flexibility index (Phi) is 5.16. The quantitative estimate of drug-likeness (QED) is 0.424. The summed E-state index contributed by atoms with van der Waals surface area (Å²) in [6, 6.07) is 14.2. The number of hydrogen-bond donors (Lipinski definition) is 1. The predicted octanol–water partition coefficient (Wildman–Crippen LogP) is 3.55. The third kappa shape index (κ3) is 3.89. The maximum Gasteiger partial charge on any atom is 0.336 e. The van der Waals surface area contributed by atoms with Crippen LogP contribution >= 0.6 is 22.9 Å². The summed E-state index contributed by atoms with van der Waals surface area (Å²) in [5, 5.41) is 16.7. The van der Waals surface area contributed by atoms with Crippen LogP contribution in [0.2, 0.25) is 5.02 Å². The van der Waals surface area contributed by atoms with Gasteiger partial charge in [0.15, 0.2) is 5.13 Å². The summed E-state index contributed by atoms with van der Waals surface area (Å²) < 4.78 is 0. The lowest BCUT2D eigenvalue weighted by Gasteiger charge is -2.09. The van der Waals surface area contributed by atoms with Crippen molar-refractivity contribution in [1.82, 2.24) is 4.98 Å². The monoisotopic (exact) mass is 369 g/mol. The Labute approximate surface area is 154 Å². The van der Waals surface area contributed by atoms with Crippen molar-refractivity contribution >= 4 is 48.2 Å². The van der Waals surface area contributed by atoms with E-state index in [1.807, 2.05) is 29.6 Å². The lowest BCUT2D eigenvalue weighted by Crippen LogP contribution is -2.11. The van der Waals surface area contributed by atoms with Gasteiger partial charge in [0.05, 0.1) is 17.5 Å². The molecular formula is C17H13BClN3O2S. The number of aromatic nitrogens is 1. The van der Waals surface area contributed by atoms with Crippen molar-refractivity contribution < 1.29 is 9.90 Å². The van der Waals surface area contributed by atoms with E-state index < -0.39 is 5.97 Å². The van der Waals surface area contributed by atoms with Crippen molar-refractivity contribution in [3.05, 3.63) is 70.1 Å². The van der Waals surface area contributed by atoms with Crippen LogP contribution in [0, 0.1) is 0 Å². The molecule has 3 aromatic rings. The SMILES string of the molecule is BN(/N=C/c1ccccc1C(=O)O)c1nc(-c2ccccc2Cl)cs1. The lowest BCUT2D eigenvalue weighted by atomic mass is 10.1. The van der Waals surface area contributed by atoms with Crippen molar-refractivity contribution in [2.75, 3.05) is 4.92 Å². The van der Waals surface area contributed by atoms with Crippen LogP contribution in [-0.2, 0) is 0 Å². The van der Waals surface area contributed by atoms with E-state index >= 15 is 0 Å². The van der Waals surface area contributed by atoms with E-state index in [1.165, 1.54) is 17.6 Å². The van der Waals surface area contributed by atoms with Crippen LogP contribution in [0.3, 0.4) is 0 Å². The minimum Gasteiger partial charge on any atom is -0.478 e. The van der Waals surface area contributed by atoms with Gasteiger partial charge in [0.1, 0.15) is 0 Å². The summed E-state index contributed by atoms with van der Waals surface area (Å²) in [4.78, 5) is 17.4. The Morgan fingerprint density at radius 3 is 2.72 bits per heavy atom. The van der Waals surface area contributed by atoms with Gasteiger partial charge in [-0.3, -0.25) is 4.92 Å². The number of hydrogen-bond acceptors (Lipinski definition) is 5. The maximum atomic E-state index is 11.2. The predicted molar refractivity (Wildman–Crippen MR) is 105 cm³/mol. The summed E-state index contributed by atoms with van der Waals surface area (Å²) in [6.45, 7) is 0. The van der Waals surface area contributed by atoms with Crippen molar-refractivity contribution in [3.8, 4) is 11.3 Å². The van der Waals surface area contributed by atoms with Crippen LogP contribution in [0.15, 0.2) is 59.0 Å². The highest BCUT2D eigenvalue weighted by Gasteiger charge is 2.11. The molecule has 0 unspecified atom stereocenters. The van der Waals surface area contributed by atoms with E-state index in [9.17, 15) is 9.90 Å². The van der Waals surface area contributed by atoms with Gasteiger partial charge >= 0.3 is 5.97 Å². The van der Waals surface area contributed by atoms with Crippen molar-refractivity contribution in [2.45, 2.75) is 0 Å². The van der Waals surface area contributed by atoms with E-state index in [-0.39, 0.29) is 5.56 Å². The molecule has 0 aliphatic heterocycles. The van der Waals surface area contributed by atoms with Gasteiger partial charge in [-0.05, 0) is 12.1 Å². The third-order valence-electron chi connectivity index (χ3n) is 3.48. The Morgan fingerprint density at radius 2 is 1.96 bits per heavy atom. The van der Waals surface area contributed by atoms with Crippen LogP contribution in [0.25, 0.3) is 11.3 Å². The standard InChI is InChI=1S/C17H13BClN3O2S/c18-22(20-9-11-5-1-2-6-12(11)16(23)24)17-21-15(10-25-17)13-7-3-4-8-14(13)19/h1-10H,18H2,(H,23,24)/b20-9+. The van der Waals surface area contributed by atoms with Gasteiger partial charge < -0.3 is 5.11 Å². The van der Waals surface area contributed by atoms with Gasteiger partial charge in [-0.1, -0.05) is 48.0 Å². The number of nitrogens with zero attached hydrogens (tertiary/aromatic N) is 3. The Hall–Kier alpha value is -2.64. The number of carbonyl (C=O) groups is 1. The molecule has 25 heavy (non-hydrogen) atoms.